The number of aromatic nitrogens is 2. The van der Waals surface area contributed by atoms with Crippen molar-refractivity contribution in [2.75, 3.05) is 19.7 Å². The number of ether oxygens (including phenoxy) is 1. The molecule has 1 aliphatic rings. The number of morpholine rings is 1. The molecule has 5 nitrogen and oxygen atoms in total. The first-order valence-corrected chi connectivity index (χ1v) is 7.94. The molecule has 1 aromatic heterocycles. The predicted molar refractivity (Wildman–Crippen MR) is 83.6 cm³/mol. The zero-order valence-electron chi connectivity index (χ0n) is 13.2. The lowest BCUT2D eigenvalue weighted by molar-refractivity contribution is -0.0450. The Hall–Kier alpha value is -1.72. The second-order valence-electron chi connectivity index (χ2n) is 5.98. The van der Waals surface area contributed by atoms with E-state index in [-0.39, 0.29) is 6.10 Å². The van der Waals surface area contributed by atoms with Gasteiger partial charge in [0.2, 0.25) is 11.7 Å². The molecule has 1 saturated heterocycles. The highest BCUT2D eigenvalue weighted by atomic mass is 16.5. The Bertz CT molecular complexity index is 583. The lowest BCUT2D eigenvalue weighted by Crippen LogP contribution is -2.42. The number of benzene rings is 1. The standard InChI is InChI=1S/C17H23N3O2/c1-13(2)20-10-11-21-15(12-20)17-18-16(22-19-17)9-8-14-6-4-3-5-7-14/h3-7,13,15H,8-12H2,1-2H3/t15-/m1/s1. The molecule has 0 saturated carbocycles. The van der Waals surface area contributed by atoms with Crippen LogP contribution in [0.25, 0.3) is 0 Å². The van der Waals surface area contributed by atoms with Gasteiger partial charge in [-0.25, -0.2) is 0 Å². The third kappa shape index (κ3) is 3.72. The quantitative estimate of drug-likeness (QED) is 0.850. The minimum Gasteiger partial charge on any atom is -0.367 e. The Kier molecular flexibility index (Phi) is 4.85. The van der Waals surface area contributed by atoms with E-state index in [1.807, 2.05) is 18.2 Å². The van der Waals surface area contributed by atoms with Gasteiger partial charge in [-0.2, -0.15) is 4.98 Å². The number of hydrogen-bond acceptors (Lipinski definition) is 5. The van der Waals surface area contributed by atoms with Gasteiger partial charge in [-0.15, -0.1) is 0 Å². The van der Waals surface area contributed by atoms with Crippen LogP contribution in [0.2, 0.25) is 0 Å². The molecule has 3 rings (SSSR count). The largest absolute Gasteiger partial charge is 0.367 e. The van der Waals surface area contributed by atoms with Crippen molar-refractivity contribution in [2.24, 2.45) is 0 Å². The number of hydrogen-bond donors (Lipinski definition) is 0. The summed E-state index contributed by atoms with van der Waals surface area (Å²) in [5, 5.41) is 4.11. The molecule has 0 N–H and O–H groups in total. The van der Waals surface area contributed by atoms with Crippen LogP contribution in [0, 0.1) is 0 Å². The molecule has 2 heterocycles. The smallest absolute Gasteiger partial charge is 0.227 e. The summed E-state index contributed by atoms with van der Waals surface area (Å²) in [7, 11) is 0. The summed E-state index contributed by atoms with van der Waals surface area (Å²) in [5.74, 6) is 1.36. The van der Waals surface area contributed by atoms with Crippen LogP contribution in [-0.2, 0) is 17.6 Å². The van der Waals surface area contributed by atoms with Crippen LogP contribution in [0.3, 0.4) is 0 Å². The molecule has 2 aromatic rings. The zero-order chi connectivity index (χ0) is 15.4. The van der Waals surface area contributed by atoms with E-state index in [1.54, 1.807) is 0 Å². The average Bonchev–Trinajstić information content (AvgIpc) is 3.03. The first kappa shape index (κ1) is 15.2. The number of rotatable bonds is 5. The first-order valence-electron chi connectivity index (χ1n) is 7.94. The molecule has 1 aromatic carbocycles. The van der Waals surface area contributed by atoms with Crippen LogP contribution in [0.4, 0.5) is 0 Å². The van der Waals surface area contributed by atoms with Crippen molar-refractivity contribution in [1.82, 2.24) is 15.0 Å². The monoisotopic (exact) mass is 301 g/mol. The van der Waals surface area contributed by atoms with Gasteiger partial charge < -0.3 is 9.26 Å². The Morgan fingerprint density at radius 1 is 1.23 bits per heavy atom. The Morgan fingerprint density at radius 2 is 2.05 bits per heavy atom. The van der Waals surface area contributed by atoms with Crippen LogP contribution in [0.1, 0.15) is 37.2 Å². The summed E-state index contributed by atoms with van der Waals surface area (Å²) in [5.41, 5.74) is 1.28. The maximum Gasteiger partial charge on any atom is 0.227 e. The van der Waals surface area contributed by atoms with Crippen molar-refractivity contribution in [3.8, 4) is 0 Å². The highest BCUT2D eigenvalue weighted by Crippen LogP contribution is 2.21. The normalized spacial score (nSPS) is 19.7. The van der Waals surface area contributed by atoms with Crippen LogP contribution < -0.4 is 0 Å². The van der Waals surface area contributed by atoms with E-state index in [2.05, 4.69) is 41.0 Å². The van der Waals surface area contributed by atoms with Gasteiger partial charge >= 0.3 is 0 Å². The predicted octanol–water partition coefficient (Wildman–Crippen LogP) is 2.64. The third-order valence-corrected chi connectivity index (χ3v) is 4.07. The van der Waals surface area contributed by atoms with Crippen LogP contribution in [0.5, 0.6) is 0 Å². The first-order chi connectivity index (χ1) is 10.7. The molecular weight excluding hydrogens is 278 g/mol. The second kappa shape index (κ2) is 7.03. The second-order valence-corrected chi connectivity index (χ2v) is 5.98. The highest BCUT2D eigenvalue weighted by molar-refractivity contribution is 5.15. The van der Waals surface area contributed by atoms with Crippen LogP contribution in [-0.4, -0.2) is 40.8 Å². The van der Waals surface area contributed by atoms with Crippen molar-refractivity contribution in [3.05, 3.63) is 47.6 Å². The van der Waals surface area contributed by atoms with E-state index in [1.165, 1.54) is 5.56 Å². The summed E-state index contributed by atoms with van der Waals surface area (Å²) in [6.07, 6.45) is 1.59. The Balaban J connectivity index is 1.59. The Morgan fingerprint density at radius 3 is 2.82 bits per heavy atom. The zero-order valence-corrected chi connectivity index (χ0v) is 13.2. The molecule has 1 atom stereocenters. The molecule has 0 spiro atoms. The summed E-state index contributed by atoms with van der Waals surface area (Å²) in [6, 6.07) is 10.9. The third-order valence-electron chi connectivity index (χ3n) is 4.07. The van der Waals surface area contributed by atoms with E-state index < -0.39 is 0 Å². The van der Waals surface area contributed by atoms with E-state index >= 15 is 0 Å². The minimum absolute atomic E-state index is 0.0784. The fourth-order valence-corrected chi connectivity index (χ4v) is 2.69. The van der Waals surface area contributed by atoms with E-state index in [0.717, 1.165) is 32.5 Å². The van der Waals surface area contributed by atoms with Gasteiger partial charge in [0.1, 0.15) is 6.10 Å². The van der Waals surface area contributed by atoms with Crippen molar-refractivity contribution >= 4 is 0 Å². The average molecular weight is 301 g/mol. The topological polar surface area (TPSA) is 51.4 Å². The molecular formula is C17H23N3O2. The maximum absolute atomic E-state index is 5.79. The Labute approximate surface area is 131 Å². The molecule has 1 fully saturated rings. The van der Waals surface area contributed by atoms with E-state index in [4.69, 9.17) is 9.26 Å². The molecule has 22 heavy (non-hydrogen) atoms. The molecule has 1 aliphatic heterocycles. The van der Waals surface area contributed by atoms with Gasteiger partial charge in [-0.3, -0.25) is 4.90 Å². The summed E-state index contributed by atoms with van der Waals surface area (Å²) < 4.78 is 11.2. The SMILES string of the molecule is CC(C)N1CCO[C@@H](c2noc(CCc3ccccc3)n2)C1. The molecule has 118 valence electrons. The van der Waals surface area contributed by atoms with Crippen molar-refractivity contribution in [2.45, 2.75) is 38.8 Å². The van der Waals surface area contributed by atoms with E-state index in [9.17, 15) is 0 Å². The van der Waals surface area contributed by atoms with Crippen molar-refractivity contribution in [1.29, 1.82) is 0 Å². The van der Waals surface area contributed by atoms with E-state index in [0.29, 0.717) is 17.8 Å². The van der Waals surface area contributed by atoms with Gasteiger partial charge in [-0.05, 0) is 25.8 Å². The fraction of sp³-hybridized carbons (Fsp3) is 0.529. The van der Waals surface area contributed by atoms with Gasteiger partial charge in [0, 0.05) is 25.6 Å². The fourth-order valence-electron chi connectivity index (χ4n) is 2.69. The molecule has 0 amide bonds. The van der Waals surface area contributed by atoms with Crippen LogP contribution in [0.15, 0.2) is 34.9 Å². The summed E-state index contributed by atoms with van der Waals surface area (Å²) in [4.78, 5) is 6.90. The lowest BCUT2D eigenvalue weighted by Gasteiger charge is -2.34. The van der Waals surface area contributed by atoms with Gasteiger partial charge in [-0.1, -0.05) is 35.5 Å². The van der Waals surface area contributed by atoms with Crippen LogP contribution >= 0.6 is 0 Å². The molecule has 5 heteroatoms. The number of nitrogens with zero attached hydrogens (tertiary/aromatic N) is 3. The minimum atomic E-state index is -0.0784. The van der Waals surface area contributed by atoms with Gasteiger partial charge in [0.25, 0.3) is 0 Å². The number of aryl methyl sites for hydroxylation is 2. The van der Waals surface area contributed by atoms with Gasteiger partial charge in [0.15, 0.2) is 0 Å². The molecule has 0 aliphatic carbocycles. The molecule has 0 radical (unpaired) electrons. The van der Waals surface area contributed by atoms with Gasteiger partial charge in [0.05, 0.1) is 6.61 Å². The molecule has 0 unspecified atom stereocenters. The molecule has 0 bridgehead atoms. The summed E-state index contributed by atoms with van der Waals surface area (Å²) >= 11 is 0. The maximum atomic E-state index is 5.79. The highest BCUT2D eigenvalue weighted by Gasteiger charge is 2.27. The lowest BCUT2D eigenvalue weighted by atomic mass is 10.1. The van der Waals surface area contributed by atoms with Crippen molar-refractivity contribution < 1.29 is 9.26 Å². The summed E-state index contributed by atoms with van der Waals surface area (Å²) in [6.45, 7) is 6.91. The van der Waals surface area contributed by atoms with Crippen molar-refractivity contribution in [3.63, 3.8) is 0 Å².